The minimum Gasteiger partial charge on any atom is -0.497 e. The zero-order chi connectivity index (χ0) is 19.5. The Hall–Kier alpha value is -2.90. The first-order valence-corrected chi connectivity index (χ1v) is 9.59. The molecule has 0 radical (unpaired) electrons. The van der Waals surface area contributed by atoms with Crippen molar-refractivity contribution in [1.29, 1.82) is 0 Å². The number of aliphatic hydroxyl groups excluding tert-OH is 1. The van der Waals surface area contributed by atoms with Crippen molar-refractivity contribution >= 4 is 38.2 Å². The van der Waals surface area contributed by atoms with Crippen molar-refractivity contribution in [2.45, 2.75) is 6.54 Å². The van der Waals surface area contributed by atoms with Gasteiger partial charge in [-0.15, -0.1) is 0 Å². The average Bonchev–Trinajstić information content (AvgIpc) is 3.17. The largest absolute Gasteiger partial charge is 0.497 e. The summed E-state index contributed by atoms with van der Waals surface area (Å²) in [5.41, 5.74) is 4.71. The number of hydrogen-bond acceptors (Lipinski definition) is 5. The molecule has 2 aromatic carbocycles. The number of nitrogens with one attached hydrogen (secondary N) is 1. The number of nitrogens with zero attached hydrogens (tertiary/aromatic N) is 3. The molecule has 2 N–H and O–H groups in total. The fourth-order valence-electron chi connectivity index (χ4n) is 3.08. The molecule has 142 valence electrons. The Morgan fingerprint density at radius 1 is 1.14 bits per heavy atom. The number of methoxy groups -OCH3 is 1. The Labute approximate surface area is 170 Å². The zero-order valence-electron chi connectivity index (χ0n) is 15.3. The standard InChI is InChI=1S/C21H19BrN4O2/c1-28-18-9-14(15-12-24-26(13-15)6-7-27)8-17(11-18)25-21-4-5-23-20-3-2-16(22)10-19(20)21/h2-5,8-13,27H,6-7H2,1H3,(H,23,25). The quantitative estimate of drug-likeness (QED) is 0.459. The Morgan fingerprint density at radius 2 is 2.04 bits per heavy atom. The second kappa shape index (κ2) is 8.00. The predicted molar refractivity (Wildman–Crippen MR) is 114 cm³/mol. The maximum Gasteiger partial charge on any atom is 0.121 e. The molecule has 0 aliphatic carbocycles. The Balaban J connectivity index is 1.73. The van der Waals surface area contributed by atoms with E-state index in [-0.39, 0.29) is 6.61 Å². The van der Waals surface area contributed by atoms with Crippen LogP contribution >= 0.6 is 15.9 Å². The number of aromatic nitrogens is 3. The Morgan fingerprint density at radius 3 is 2.86 bits per heavy atom. The van der Waals surface area contributed by atoms with Gasteiger partial charge in [0.1, 0.15) is 5.75 Å². The summed E-state index contributed by atoms with van der Waals surface area (Å²) in [6, 6.07) is 13.9. The van der Waals surface area contributed by atoms with Crippen LogP contribution in [0, 0.1) is 0 Å². The molecule has 0 aliphatic rings. The van der Waals surface area contributed by atoms with Gasteiger partial charge in [-0.05, 0) is 42.0 Å². The van der Waals surface area contributed by atoms with Crippen LogP contribution in [0.3, 0.4) is 0 Å². The van der Waals surface area contributed by atoms with Crippen molar-refractivity contribution in [3.8, 4) is 16.9 Å². The third-order valence-electron chi connectivity index (χ3n) is 4.42. The Bertz CT molecular complexity index is 1130. The summed E-state index contributed by atoms with van der Waals surface area (Å²) >= 11 is 3.53. The molecule has 0 unspecified atom stereocenters. The highest BCUT2D eigenvalue weighted by molar-refractivity contribution is 9.10. The fraction of sp³-hybridized carbons (Fsp3) is 0.143. The van der Waals surface area contributed by atoms with E-state index in [4.69, 9.17) is 9.84 Å². The summed E-state index contributed by atoms with van der Waals surface area (Å²) in [7, 11) is 1.65. The van der Waals surface area contributed by atoms with Crippen LogP contribution in [0.2, 0.25) is 0 Å². The predicted octanol–water partition coefficient (Wildman–Crippen LogP) is 4.61. The van der Waals surface area contributed by atoms with Gasteiger partial charge < -0.3 is 15.2 Å². The van der Waals surface area contributed by atoms with Crippen LogP contribution in [-0.4, -0.2) is 33.6 Å². The molecule has 0 atom stereocenters. The minimum atomic E-state index is 0.0523. The topological polar surface area (TPSA) is 72.2 Å². The van der Waals surface area contributed by atoms with E-state index in [1.807, 2.05) is 48.7 Å². The maximum atomic E-state index is 9.10. The molecule has 7 heteroatoms. The van der Waals surface area contributed by atoms with Crippen LogP contribution < -0.4 is 10.1 Å². The second-order valence-corrected chi connectivity index (χ2v) is 7.23. The molecule has 0 amide bonds. The normalized spacial score (nSPS) is 11.0. The first-order chi connectivity index (χ1) is 13.7. The molecule has 0 saturated carbocycles. The molecule has 2 heterocycles. The lowest BCUT2D eigenvalue weighted by atomic mass is 10.1. The van der Waals surface area contributed by atoms with Crippen molar-refractivity contribution in [2.75, 3.05) is 19.0 Å². The van der Waals surface area contributed by atoms with Gasteiger partial charge in [0, 0.05) is 45.3 Å². The molecule has 6 nitrogen and oxygen atoms in total. The fourth-order valence-corrected chi connectivity index (χ4v) is 3.44. The van der Waals surface area contributed by atoms with E-state index in [1.165, 1.54) is 0 Å². The van der Waals surface area contributed by atoms with Gasteiger partial charge in [-0.1, -0.05) is 15.9 Å². The van der Waals surface area contributed by atoms with E-state index in [0.717, 1.165) is 43.6 Å². The molecule has 4 aromatic rings. The maximum absolute atomic E-state index is 9.10. The van der Waals surface area contributed by atoms with E-state index in [2.05, 4.69) is 31.3 Å². The molecule has 0 aliphatic heterocycles. The number of ether oxygens (including phenoxy) is 1. The second-order valence-electron chi connectivity index (χ2n) is 6.31. The highest BCUT2D eigenvalue weighted by Crippen LogP contribution is 2.32. The van der Waals surface area contributed by atoms with Crippen LogP contribution in [-0.2, 0) is 6.54 Å². The van der Waals surface area contributed by atoms with Gasteiger partial charge in [0.25, 0.3) is 0 Å². The van der Waals surface area contributed by atoms with Crippen LogP contribution in [0.15, 0.2) is 65.5 Å². The van der Waals surface area contributed by atoms with Gasteiger partial charge in [-0.25, -0.2) is 0 Å². The lowest BCUT2D eigenvalue weighted by Gasteiger charge is -2.13. The number of fused-ring (bicyclic) bond motifs is 1. The zero-order valence-corrected chi connectivity index (χ0v) is 16.8. The third-order valence-corrected chi connectivity index (χ3v) is 4.91. The molecule has 0 fully saturated rings. The van der Waals surface area contributed by atoms with Crippen molar-refractivity contribution in [3.63, 3.8) is 0 Å². The van der Waals surface area contributed by atoms with Crippen molar-refractivity contribution in [3.05, 3.63) is 65.5 Å². The monoisotopic (exact) mass is 438 g/mol. The van der Waals surface area contributed by atoms with Gasteiger partial charge in [0.05, 0.1) is 32.0 Å². The molecule has 0 bridgehead atoms. The Kier molecular flexibility index (Phi) is 5.27. The highest BCUT2D eigenvalue weighted by atomic mass is 79.9. The highest BCUT2D eigenvalue weighted by Gasteiger charge is 2.09. The summed E-state index contributed by atoms with van der Waals surface area (Å²) in [6.45, 7) is 0.518. The summed E-state index contributed by atoms with van der Waals surface area (Å²) in [5.74, 6) is 0.745. The number of rotatable bonds is 6. The first kappa shape index (κ1) is 18.5. The molecule has 4 rings (SSSR count). The van der Waals surface area contributed by atoms with Crippen molar-refractivity contribution in [2.24, 2.45) is 0 Å². The number of anilines is 2. The van der Waals surface area contributed by atoms with E-state index >= 15 is 0 Å². The van der Waals surface area contributed by atoms with E-state index in [1.54, 1.807) is 24.2 Å². The van der Waals surface area contributed by atoms with Gasteiger partial charge in [0.15, 0.2) is 0 Å². The minimum absolute atomic E-state index is 0.0523. The lowest BCUT2D eigenvalue weighted by Crippen LogP contribution is -2.01. The lowest BCUT2D eigenvalue weighted by molar-refractivity contribution is 0.269. The van der Waals surface area contributed by atoms with Crippen LogP contribution in [0.5, 0.6) is 5.75 Å². The number of pyridine rings is 1. The van der Waals surface area contributed by atoms with Crippen LogP contribution in [0.1, 0.15) is 0 Å². The van der Waals surface area contributed by atoms with Crippen molar-refractivity contribution < 1.29 is 9.84 Å². The summed E-state index contributed by atoms with van der Waals surface area (Å²) in [4.78, 5) is 4.43. The molecular weight excluding hydrogens is 420 g/mol. The summed E-state index contributed by atoms with van der Waals surface area (Å²) in [6.07, 6.45) is 5.49. The smallest absolute Gasteiger partial charge is 0.121 e. The van der Waals surface area contributed by atoms with Crippen LogP contribution in [0.4, 0.5) is 11.4 Å². The van der Waals surface area contributed by atoms with Crippen molar-refractivity contribution in [1.82, 2.24) is 14.8 Å². The molecule has 2 aromatic heterocycles. The summed E-state index contributed by atoms with van der Waals surface area (Å²) in [5, 5.41) is 17.9. The van der Waals surface area contributed by atoms with E-state index in [9.17, 15) is 0 Å². The van der Waals surface area contributed by atoms with Gasteiger partial charge in [-0.3, -0.25) is 9.67 Å². The number of benzene rings is 2. The number of aliphatic hydroxyl groups is 1. The van der Waals surface area contributed by atoms with Crippen LogP contribution in [0.25, 0.3) is 22.0 Å². The summed E-state index contributed by atoms with van der Waals surface area (Å²) < 4.78 is 8.21. The van der Waals surface area contributed by atoms with Gasteiger partial charge >= 0.3 is 0 Å². The number of halogens is 1. The molecule has 28 heavy (non-hydrogen) atoms. The van der Waals surface area contributed by atoms with E-state index < -0.39 is 0 Å². The molecule has 0 spiro atoms. The SMILES string of the molecule is COc1cc(Nc2ccnc3ccc(Br)cc23)cc(-c2cnn(CCO)c2)c1. The molecular formula is C21H19BrN4O2. The molecule has 0 saturated heterocycles. The third kappa shape index (κ3) is 3.85. The number of hydrogen-bond donors (Lipinski definition) is 2. The first-order valence-electron chi connectivity index (χ1n) is 8.80. The average molecular weight is 439 g/mol. The van der Waals surface area contributed by atoms with Gasteiger partial charge in [-0.2, -0.15) is 5.10 Å². The van der Waals surface area contributed by atoms with Gasteiger partial charge in [0.2, 0.25) is 0 Å². The van der Waals surface area contributed by atoms with E-state index in [0.29, 0.717) is 6.54 Å².